The molecule has 0 atom stereocenters. The topological polar surface area (TPSA) is 44.1 Å². The number of benzene rings is 1. The fourth-order valence-electron chi connectivity index (χ4n) is 3.06. The van der Waals surface area contributed by atoms with Crippen molar-refractivity contribution in [2.45, 2.75) is 52.4 Å². The van der Waals surface area contributed by atoms with E-state index in [1.165, 1.54) is 11.1 Å². The summed E-state index contributed by atoms with van der Waals surface area (Å²) in [5, 5.41) is 9.12. The van der Waals surface area contributed by atoms with Gasteiger partial charge in [0.1, 0.15) is 5.41 Å². The van der Waals surface area contributed by atoms with Crippen LogP contribution in [-0.2, 0) is 4.79 Å². The number of amides is 1. The molecule has 1 heterocycles. The van der Waals surface area contributed by atoms with E-state index in [-0.39, 0.29) is 5.91 Å². The molecule has 2 aliphatic rings. The van der Waals surface area contributed by atoms with Gasteiger partial charge in [-0.1, -0.05) is 43.7 Å². The monoisotopic (exact) mass is 298 g/mol. The van der Waals surface area contributed by atoms with Crippen molar-refractivity contribution in [2.75, 3.05) is 13.1 Å². The maximum atomic E-state index is 12.3. The lowest BCUT2D eigenvalue weighted by Crippen LogP contribution is -2.41. The van der Waals surface area contributed by atoms with Gasteiger partial charge in [0, 0.05) is 13.1 Å². The molecule has 3 nitrogen and oxygen atoms in total. The molecular weight excluding hydrogens is 272 g/mol. The van der Waals surface area contributed by atoms with Crippen molar-refractivity contribution < 1.29 is 4.79 Å². The zero-order chi connectivity index (χ0) is 16.2. The number of nitriles is 1. The van der Waals surface area contributed by atoms with Crippen molar-refractivity contribution >= 4 is 5.91 Å². The fraction of sp³-hybridized carbons (Fsp3) is 0.579. The Labute approximate surface area is 133 Å². The van der Waals surface area contributed by atoms with E-state index in [0.717, 1.165) is 38.8 Å². The number of hydrogen-bond acceptors (Lipinski definition) is 2. The molecule has 1 aromatic rings. The summed E-state index contributed by atoms with van der Waals surface area (Å²) in [5.74, 6) is 0.624. The molecule has 0 aromatic heterocycles. The Morgan fingerprint density at radius 3 is 2.18 bits per heavy atom. The third-order valence-corrected chi connectivity index (χ3v) is 4.70. The van der Waals surface area contributed by atoms with Gasteiger partial charge in [-0.2, -0.15) is 5.26 Å². The molecule has 1 saturated heterocycles. The predicted molar refractivity (Wildman–Crippen MR) is 88.4 cm³/mol. The molecular formula is C19H26N2O. The van der Waals surface area contributed by atoms with E-state index < -0.39 is 5.41 Å². The zero-order valence-corrected chi connectivity index (χ0v) is 13.9. The van der Waals surface area contributed by atoms with Gasteiger partial charge in [-0.3, -0.25) is 4.79 Å². The van der Waals surface area contributed by atoms with Gasteiger partial charge >= 0.3 is 0 Å². The largest absolute Gasteiger partial charge is 0.341 e. The summed E-state index contributed by atoms with van der Waals surface area (Å²) in [5.41, 5.74) is 2.01. The van der Waals surface area contributed by atoms with Crippen LogP contribution in [-0.4, -0.2) is 23.9 Å². The average molecular weight is 298 g/mol. The van der Waals surface area contributed by atoms with Crippen LogP contribution in [0.25, 0.3) is 0 Å². The first-order valence-electron chi connectivity index (χ1n) is 8.42. The van der Waals surface area contributed by atoms with Crippen LogP contribution in [0.15, 0.2) is 24.3 Å². The van der Waals surface area contributed by atoms with E-state index in [2.05, 4.69) is 37.3 Å². The molecule has 0 spiro atoms. The summed E-state index contributed by atoms with van der Waals surface area (Å²) < 4.78 is 0. The smallest absolute Gasteiger partial charge is 0.243 e. The Bertz CT molecular complexity index is 544. The number of aryl methyl sites for hydroxylation is 1. The van der Waals surface area contributed by atoms with Gasteiger partial charge in [0.25, 0.3) is 0 Å². The van der Waals surface area contributed by atoms with Crippen LogP contribution in [0.2, 0.25) is 0 Å². The van der Waals surface area contributed by atoms with E-state index in [4.69, 9.17) is 5.26 Å². The molecule has 22 heavy (non-hydrogen) atoms. The lowest BCUT2D eigenvalue weighted by molar-refractivity contribution is -0.136. The molecule has 3 heteroatoms. The highest BCUT2D eigenvalue weighted by Gasteiger charge is 2.52. The van der Waals surface area contributed by atoms with E-state index in [9.17, 15) is 4.79 Å². The summed E-state index contributed by atoms with van der Waals surface area (Å²) in [7, 11) is 0. The fourth-order valence-corrected chi connectivity index (χ4v) is 3.06. The van der Waals surface area contributed by atoms with Crippen molar-refractivity contribution in [1.82, 2.24) is 4.90 Å². The standard InChI is InChI=1S/C17H20N2O.C2H6/c1-13-2-4-14(5-3-13)15-6-10-19(11-7-15)16(20)17(12-18)8-9-17;1-2/h2-5,15H,6-11H2,1H3;1-2H3. The molecule has 0 radical (unpaired) electrons. The van der Waals surface area contributed by atoms with Crippen LogP contribution in [0.1, 0.15) is 56.6 Å². The molecule has 0 N–H and O–H groups in total. The van der Waals surface area contributed by atoms with E-state index in [1.54, 1.807) is 0 Å². The van der Waals surface area contributed by atoms with Crippen molar-refractivity contribution in [3.05, 3.63) is 35.4 Å². The molecule has 1 saturated carbocycles. The summed E-state index contributed by atoms with van der Waals surface area (Å²) >= 11 is 0. The number of piperidine rings is 1. The third kappa shape index (κ3) is 3.32. The van der Waals surface area contributed by atoms with Crippen molar-refractivity contribution in [3.63, 3.8) is 0 Å². The molecule has 1 aromatic carbocycles. The summed E-state index contributed by atoms with van der Waals surface area (Å²) in [6, 6.07) is 10.9. The van der Waals surface area contributed by atoms with Crippen LogP contribution >= 0.6 is 0 Å². The maximum Gasteiger partial charge on any atom is 0.243 e. The predicted octanol–water partition coefficient (Wildman–Crippen LogP) is 4.03. The molecule has 118 valence electrons. The molecule has 1 aliphatic heterocycles. The van der Waals surface area contributed by atoms with Crippen LogP contribution in [0.3, 0.4) is 0 Å². The van der Waals surface area contributed by atoms with Crippen molar-refractivity contribution in [2.24, 2.45) is 5.41 Å². The highest BCUT2D eigenvalue weighted by Crippen LogP contribution is 2.47. The summed E-state index contributed by atoms with van der Waals surface area (Å²) in [6.45, 7) is 7.68. The minimum Gasteiger partial charge on any atom is -0.341 e. The number of rotatable bonds is 2. The highest BCUT2D eigenvalue weighted by atomic mass is 16.2. The van der Waals surface area contributed by atoms with Gasteiger partial charge in [0.05, 0.1) is 6.07 Å². The average Bonchev–Trinajstić information content (AvgIpc) is 3.38. The van der Waals surface area contributed by atoms with E-state index in [0.29, 0.717) is 5.92 Å². The lowest BCUT2D eigenvalue weighted by atomic mass is 9.88. The molecule has 0 bridgehead atoms. The highest BCUT2D eigenvalue weighted by molar-refractivity contribution is 5.88. The van der Waals surface area contributed by atoms with Gasteiger partial charge in [0.15, 0.2) is 0 Å². The molecule has 3 rings (SSSR count). The number of carbonyl (C=O) groups excluding carboxylic acids is 1. The summed E-state index contributed by atoms with van der Waals surface area (Å²) in [6.07, 6.45) is 3.52. The minimum atomic E-state index is -0.656. The first-order valence-corrected chi connectivity index (χ1v) is 8.42. The Hall–Kier alpha value is -1.82. The summed E-state index contributed by atoms with van der Waals surface area (Å²) in [4.78, 5) is 14.2. The Kier molecular flexibility index (Phi) is 5.24. The first-order chi connectivity index (χ1) is 10.6. The molecule has 2 fully saturated rings. The molecule has 1 aliphatic carbocycles. The number of nitrogens with zero attached hydrogens (tertiary/aromatic N) is 2. The second-order valence-corrected chi connectivity index (χ2v) is 6.17. The van der Waals surface area contributed by atoms with Crippen molar-refractivity contribution in [1.29, 1.82) is 5.26 Å². The van der Waals surface area contributed by atoms with Gasteiger partial charge < -0.3 is 4.90 Å². The Balaban J connectivity index is 0.000000847. The van der Waals surface area contributed by atoms with Gasteiger partial charge in [-0.15, -0.1) is 0 Å². The van der Waals surface area contributed by atoms with E-state index in [1.807, 2.05) is 18.7 Å². The second kappa shape index (κ2) is 6.96. The van der Waals surface area contributed by atoms with E-state index >= 15 is 0 Å². The minimum absolute atomic E-state index is 0.0716. The zero-order valence-electron chi connectivity index (χ0n) is 13.9. The van der Waals surface area contributed by atoms with Crippen LogP contribution in [0.4, 0.5) is 0 Å². The SMILES string of the molecule is CC.Cc1ccc(C2CCN(C(=O)C3(C#N)CC3)CC2)cc1. The first kappa shape index (κ1) is 16.5. The maximum absolute atomic E-state index is 12.3. The third-order valence-electron chi connectivity index (χ3n) is 4.70. The van der Waals surface area contributed by atoms with Crippen molar-refractivity contribution in [3.8, 4) is 6.07 Å². The van der Waals surface area contributed by atoms with Gasteiger partial charge in [0.2, 0.25) is 5.91 Å². The Morgan fingerprint density at radius 2 is 1.73 bits per heavy atom. The van der Waals surface area contributed by atoms with Crippen LogP contribution in [0.5, 0.6) is 0 Å². The van der Waals surface area contributed by atoms with Gasteiger partial charge in [-0.05, 0) is 44.1 Å². The number of likely N-dealkylation sites (tertiary alicyclic amines) is 1. The number of hydrogen-bond donors (Lipinski definition) is 0. The molecule has 0 unspecified atom stereocenters. The molecule has 1 amide bonds. The number of carbonyl (C=O) groups is 1. The van der Waals surface area contributed by atoms with Gasteiger partial charge in [-0.25, -0.2) is 0 Å². The quantitative estimate of drug-likeness (QED) is 0.827. The normalized spacial score (nSPS) is 19.6. The lowest BCUT2D eigenvalue weighted by Gasteiger charge is -2.33. The Morgan fingerprint density at radius 1 is 1.18 bits per heavy atom. The second-order valence-electron chi connectivity index (χ2n) is 6.17. The van der Waals surface area contributed by atoms with Crippen LogP contribution < -0.4 is 0 Å². The van der Waals surface area contributed by atoms with Crippen LogP contribution in [0, 0.1) is 23.7 Å².